The summed E-state index contributed by atoms with van der Waals surface area (Å²) in [4.78, 5) is 35.7. The highest BCUT2D eigenvalue weighted by Gasteiger charge is 2.21. The Morgan fingerprint density at radius 2 is 1.93 bits per heavy atom. The number of amides is 3. The highest BCUT2D eigenvalue weighted by molar-refractivity contribution is 8.00. The molecule has 0 bridgehead atoms. The number of hydrogen-bond acceptors (Lipinski definition) is 7. The molecule has 0 radical (unpaired) electrons. The van der Waals surface area contributed by atoms with Crippen LogP contribution in [0.1, 0.15) is 25.2 Å². The smallest absolute Gasteiger partial charge is 0.321 e. The van der Waals surface area contributed by atoms with Gasteiger partial charge in [0.05, 0.1) is 11.9 Å². The van der Waals surface area contributed by atoms with Crippen molar-refractivity contribution in [2.24, 2.45) is 7.05 Å². The number of carbonyl (C=O) groups is 3. The molecule has 0 aliphatic heterocycles. The largest absolute Gasteiger partial charge is 0.466 e. The van der Waals surface area contributed by atoms with Gasteiger partial charge >= 0.3 is 12.0 Å². The number of nitrogens with zero attached hydrogens (tertiary/aromatic N) is 3. The molecule has 0 aliphatic carbocycles. The van der Waals surface area contributed by atoms with Gasteiger partial charge in [0, 0.05) is 13.6 Å². The van der Waals surface area contributed by atoms with Gasteiger partial charge in [0.15, 0.2) is 5.16 Å². The molecule has 1 heterocycles. The van der Waals surface area contributed by atoms with Gasteiger partial charge in [-0.2, -0.15) is 0 Å². The van der Waals surface area contributed by atoms with E-state index in [9.17, 15) is 14.4 Å². The predicted molar refractivity (Wildman–Crippen MR) is 103 cm³/mol. The van der Waals surface area contributed by atoms with Crippen LogP contribution in [-0.2, 0) is 34.3 Å². The predicted octanol–water partition coefficient (Wildman–Crippen LogP) is 1.43. The summed E-state index contributed by atoms with van der Waals surface area (Å²) < 4.78 is 6.52. The molecule has 0 aliphatic rings. The number of rotatable bonds is 8. The Kier molecular flexibility index (Phi) is 8.00. The summed E-state index contributed by atoms with van der Waals surface area (Å²) in [5.41, 5.74) is 0.931. The molecule has 1 aromatic carbocycles. The molecule has 10 heteroatoms. The Morgan fingerprint density at radius 1 is 1.21 bits per heavy atom. The zero-order chi connectivity index (χ0) is 20.5. The van der Waals surface area contributed by atoms with Gasteiger partial charge in [0.1, 0.15) is 12.2 Å². The first kappa shape index (κ1) is 21.4. The summed E-state index contributed by atoms with van der Waals surface area (Å²) >= 11 is 1.14. The monoisotopic (exact) mass is 405 g/mol. The molecule has 150 valence electrons. The van der Waals surface area contributed by atoms with Crippen LogP contribution in [0.4, 0.5) is 4.79 Å². The van der Waals surface area contributed by atoms with Gasteiger partial charge < -0.3 is 14.6 Å². The maximum absolute atomic E-state index is 12.2. The lowest BCUT2D eigenvalue weighted by Crippen LogP contribution is -2.42. The topological polar surface area (TPSA) is 115 Å². The van der Waals surface area contributed by atoms with Crippen LogP contribution in [0.15, 0.2) is 35.5 Å². The standard InChI is InChI=1S/C18H23N5O4S/c1-4-27-15(24)10-14-21-22-18(23(14)3)28-12(2)16(25)20-17(26)19-11-13-8-6-5-7-9-13/h5-9,12H,4,10-11H2,1-3H3,(H2,19,20,25,26)/t12-/m0/s1. The highest BCUT2D eigenvalue weighted by Crippen LogP contribution is 2.21. The molecule has 1 aromatic heterocycles. The van der Waals surface area contributed by atoms with Gasteiger partial charge in [-0.1, -0.05) is 42.1 Å². The minimum absolute atomic E-state index is 0.000366. The number of aromatic nitrogens is 3. The molecule has 2 N–H and O–H groups in total. The molecular formula is C18H23N5O4S. The van der Waals surface area contributed by atoms with E-state index in [1.807, 2.05) is 30.3 Å². The van der Waals surface area contributed by atoms with Crippen LogP contribution < -0.4 is 10.6 Å². The van der Waals surface area contributed by atoms with Crippen molar-refractivity contribution in [2.75, 3.05) is 6.61 Å². The SMILES string of the molecule is CCOC(=O)Cc1nnc(S[C@@H](C)C(=O)NC(=O)NCc2ccccc2)n1C. The number of carbonyl (C=O) groups excluding carboxylic acids is 3. The molecule has 0 fully saturated rings. The Morgan fingerprint density at radius 3 is 2.61 bits per heavy atom. The van der Waals surface area contributed by atoms with Crippen molar-refractivity contribution >= 4 is 29.7 Å². The van der Waals surface area contributed by atoms with Gasteiger partial charge in [0.2, 0.25) is 5.91 Å². The molecule has 9 nitrogen and oxygen atoms in total. The molecule has 0 unspecified atom stereocenters. The van der Waals surface area contributed by atoms with Crippen molar-refractivity contribution in [1.82, 2.24) is 25.4 Å². The Balaban J connectivity index is 1.84. The van der Waals surface area contributed by atoms with E-state index in [1.54, 1.807) is 25.5 Å². The summed E-state index contributed by atoms with van der Waals surface area (Å²) in [6.07, 6.45) is 0.000366. The minimum Gasteiger partial charge on any atom is -0.466 e. The van der Waals surface area contributed by atoms with Crippen LogP contribution in [0.5, 0.6) is 0 Å². The lowest BCUT2D eigenvalue weighted by atomic mass is 10.2. The molecule has 2 aromatic rings. The van der Waals surface area contributed by atoms with Crippen molar-refractivity contribution in [3.05, 3.63) is 41.7 Å². The molecule has 28 heavy (non-hydrogen) atoms. The number of imide groups is 1. The first-order valence-electron chi connectivity index (χ1n) is 8.73. The average molecular weight is 405 g/mol. The van der Waals surface area contributed by atoms with Gasteiger partial charge in [0.25, 0.3) is 0 Å². The van der Waals surface area contributed by atoms with Crippen molar-refractivity contribution in [2.45, 2.75) is 37.2 Å². The Bertz CT molecular complexity index is 825. The number of thioether (sulfide) groups is 1. The highest BCUT2D eigenvalue weighted by atomic mass is 32.2. The maximum atomic E-state index is 12.2. The number of nitrogens with one attached hydrogen (secondary N) is 2. The van der Waals surface area contributed by atoms with Crippen LogP contribution in [0.2, 0.25) is 0 Å². The second-order valence-corrected chi connectivity index (χ2v) is 7.17. The summed E-state index contributed by atoms with van der Waals surface area (Å²) in [5, 5.41) is 12.8. The van der Waals surface area contributed by atoms with E-state index in [-0.39, 0.29) is 6.42 Å². The number of ether oxygens (including phenoxy) is 1. The Hall–Kier alpha value is -2.88. The zero-order valence-corrected chi connectivity index (χ0v) is 16.8. The number of esters is 1. The first-order valence-corrected chi connectivity index (χ1v) is 9.61. The summed E-state index contributed by atoms with van der Waals surface area (Å²) in [6, 6.07) is 8.82. The number of benzene rings is 1. The third-order valence-electron chi connectivity index (χ3n) is 3.72. The second-order valence-electron chi connectivity index (χ2n) is 5.86. The first-order chi connectivity index (χ1) is 13.4. The Labute approximate surface area is 167 Å². The van der Waals surface area contributed by atoms with Gasteiger partial charge in [-0.15, -0.1) is 10.2 Å². The van der Waals surface area contributed by atoms with E-state index in [0.29, 0.717) is 24.1 Å². The molecule has 0 saturated heterocycles. The lowest BCUT2D eigenvalue weighted by Gasteiger charge is -2.11. The average Bonchev–Trinajstić information content (AvgIpc) is 3.00. The van der Waals surface area contributed by atoms with E-state index in [0.717, 1.165) is 17.3 Å². The van der Waals surface area contributed by atoms with Crippen LogP contribution in [0.25, 0.3) is 0 Å². The minimum atomic E-state index is -0.583. The lowest BCUT2D eigenvalue weighted by molar-refractivity contribution is -0.142. The van der Waals surface area contributed by atoms with Crippen LogP contribution in [0, 0.1) is 0 Å². The molecule has 2 rings (SSSR count). The molecule has 0 saturated carbocycles. The fourth-order valence-electron chi connectivity index (χ4n) is 2.19. The van der Waals surface area contributed by atoms with Crippen LogP contribution >= 0.6 is 11.8 Å². The fourth-order valence-corrected chi connectivity index (χ4v) is 3.02. The third kappa shape index (κ3) is 6.38. The van der Waals surface area contributed by atoms with Gasteiger partial charge in [-0.3, -0.25) is 14.9 Å². The summed E-state index contributed by atoms with van der Waals surface area (Å²) in [6.45, 7) is 4.00. The fraction of sp³-hybridized carbons (Fsp3) is 0.389. The van der Waals surface area contributed by atoms with Crippen molar-refractivity contribution in [3.8, 4) is 0 Å². The van der Waals surface area contributed by atoms with Crippen molar-refractivity contribution in [1.29, 1.82) is 0 Å². The normalized spacial score (nSPS) is 11.5. The summed E-state index contributed by atoms with van der Waals surface area (Å²) in [5.74, 6) is -0.407. The second kappa shape index (κ2) is 10.5. The van der Waals surface area contributed by atoms with Crippen LogP contribution in [-0.4, -0.2) is 44.5 Å². The maximum Gasteiger partial charge on any atom is 0.321 e. The number of urea groups is 1. The van der Waals surface area contributed by atoms with E-state index in [2.05, 4.69) is 20.8 Å². The summed E-state index contributed by atoms with van der Waals surface area (Å²) in [7, 11) is 1.70. The molecule has 0 spiro atoms. The van der Waals surface area contributed by atoms with E-state index in [4.69, 9.17) is 4.74 Å². The van der Waals surface area contributed by atoms with Crippen molar-refractivity contribution < 1.29 is 19.1 Å². The quantitative estimate of drug-likeness (QED) is 0.504. The van der Waals surface area contributed by atoms with Crippen molar-refractivity contribution in [3.63, 3.8) is 0 Å². The molecule has 1 atom stereocenters. The van der Waals surface area contributed by atoms with E-state index in [1.165, 1.54) is 0 Å². The third-order valence-corrected chi connectivity index (χ3v) is 4.85. The van der Waals surface area contributed by atoms with Gasteiger partial charge in [-0.05, 0) is 19.4 Å². The van der Waals surface area contributed by atoms with E-state index < -0.39 is 23.2 Å². The zero-order valence-electron chi connectivity index (χ0n) is 16.0. The molecule has 3 amide bonds. The van der Waals surface area contributed by atoms with E-state index >= 15 is 0 Å². The molecular weight excluding hydrogens is 382 g/mol. The van der Waals surface area contributed by atoms with Gasteiger partial charge in [-0.25, -0.2) is 4.79 Å². The number of hydrogen-bond donors (Lipinski definition) is 2. The van der Waals surface area contributed by atoms with Crippen LogP contribution in [0.3, 0.4) is 0 Å².